The van der Waals surface area contributed by atoms with Crippen molar-refractivity contribution in [1.82, 2.24) is 19.8 Å². The molecule has 0 saturated carbocycles. The van der Waals surface area contributed by atoms with E-state index in [4.69, 9.17) is 0 Å². The first-order chi connectivity index (χ1) is 9.70. The quantitative estimate of drug-likeness (QED) is 0.930. The Morgan fingerprint density at radius 3 is 2.75 bits per heavy atom. The van der Waals surface area contributed by atoms with Crippen LogP contribution in [0.5, 0.6) is 0 Å². The molecule has 0 spiro atoms. The van der Waals surface area contributed by atoms with Crippen molar-refractivity contribution in [2.24, 2.45) is 7.05 Å². The first kappa shape index (κ1) is 13.6. The number of fused-ring (bicyclic) bond motifs is 1. The van der Waals surface area contributed by atoms with Crippen LogP contribution in [0, 0.1) is 6.92 Å². The highest BCUT2D eigenvalue weighted by Gasteiger charge is 2.21. The van der Waals surface area contributed by atoms with Crippen LogP contribution in [0.3, 0.4) is 0 Å². The summed E-state index contributed by atoms with van der Waals surface area (Å²) >= 11 is 0. The molecule has 1 fully saturated rings. The molecule has 4 heteroatoms. The molecule has 1 aromatic carbocycles. The van der Waals surface area contributed by atoms with Crippen molar-refractivity contribution in [3.63, 3.8) is 0 Å². The lowest BCUT2D eigenvalue weighted by Gasteiger charge is -2.34. The molecule has 4 nitrogen and oxygen atoms in total. The number of nitrogens with zero attached hydrogens (tertiary/aromatic N) is 3. The smallest absolute Gasteiger partial charge is 0.106 e. The molecular formula is C16H24N4. The molecule has 1 aliphatic heterocycles. The molecule has 0 aliphatic carbocycles. The molecule has 1 N–H and O–H groups in total. The van der Waals surface area contributed by atoms with Gasteiger partial charge in [-0.25, -0.2) is 4.98 Å². The minimum Gasteiger partial charge on any atom is -0.331 e. The predicted octanol–water partition coefficient (Wildman–Crippen LogP) is 2.24. The summed E-state index contributed by atoms with van der Waals surface area (Å²) in [5.41, 5.74) is 3.75. The number of aromatic nitrogens is 2. The van der Waals surface area contributed by atoms with Crippen LogP contribution < -0.4 is 5.32 Å². The lowest BCUT2D eigenvalue weighted by atomic mass is 10.0. The second kappa shape index (κ2) is 5.54. The van der Waals surface area contributed by atoms with Crippen molar-refractivity contribution in [1.29, 1.82) is 0 Å². The molecule has 3 rings (SSSR count). The van der Waals surface area contributed by atoms with E-state index in [1.165, 1.54) is 11.1 Å². The van der Waals surface area contributed by atoms with E-state index < -0.39 is 0 Å². The molecule has 0 amide bonds. The molecule has 1 aromatic heterocycles. The summed E-state index contributed by atoms with van der Waals surface area (Å²) in [6, 6.07) is 7.29. The fourth-order valence-corrected chi connectivity index (χ4v) is 3.24. The van der Waals surface area contributed by atoms with Gasteiger partial charge < -0.3 is 9.88 Å². The summed E-state index contributed by atoms with van der Waals surface area (Å²) in [5, 5.41) is 3.43. The number of rotatable bonds is 3. The topological polar surface area (TPSA) is 33.1 Å². The lowest BCUT2D eigenvalue weighted by Crippen LogP contribution is -2.45. The third-order valence-electron chi connectivity index (χ3n) is 4.49. The lowest BCUT2D eigenvalue weighted by molar-refractivity contribution is 0.169. The van der Waals surface area contributed by atoms with E-state index in [9.17, 15) is 0 Å². The Morgan fingerprint density at radius 2 is 2.05 bits per heavy atom. The molecule has 0 radical (unpaired) electrons. The summed E-state index contributed by atoms with van der Waals surface area (Å²) in [7, 11) is 2.08. The van der Waals surface area contributed by atoms with Gasteiger partial charge in [0.05, 0.1) is 11.0 Å². The van der Waals surface area contributed by atoms with Gasteiger partial charge in [0.2, 0.25) is 0 Å². The van der Waals surface area contributed by atoms with Crippen LogP contribution in [0.25, 0.3) is 11.0 Å². The van der Waals surface area contributed by atoms with Crippen molar-refractivity contribution < 1.29 is 0 Å². The summed E-state index contributed by atoms with van der Waals surface area (Å²) in [6.07, 6.45) is 1.15. The molecule has 2 heterocycles. The molecule has 1 unspecified atom stereocenters. The Balaban J connectivity index is 1.94. The number of hydrogen-bond acceptors (Lipinski definition) is 3. The van der Waals surface area contributed by atoms with Crippen molar-refractivity contribution in [3.8, 4) is 0 Å². The SMILES string of the molecule is CCC(c1ccc2c(c1)nc(C)n2C)N1CCNCC1. The standard InChI is InChI=1S/C16H24N4/c1-4-15(20-9-7-17-8-10-20)13-5-6-16-14(11-13)18-12(2)19(16)3/h5-6,11,15,17H,4,7-10H2,1-3H3. The molecule has 0 bridgehead atoms. The second-order valence-electron chi connectivity index (χ2n) is 5.68. The summed E-state index contributed by atoms with van der Waals surface area (Å²) in [5.74, 6) is 1.08. The monoisotopic (exact) mass is 272 g/mol. The fraction of sp³-hybridized carbons (Fsp3) is 0.562. The van der Waals surface area contributed by atoms with Crippen molar-refractivity contribution in [3.05, 3.63) is 29.6 Å². The highest BCUT2D eigenvalue weighted by atomic mass is 15.2. The van der Waals surface area contributed by atoms with Gasteiger partial charge in [-0.2, -0.15) is 0 Å². The van der Waals surface area contributed by atoms with Gasteiger partial charge in [0.25, 0.3) is 0 Å². The molecule has 2 aromatic rings. The van der Waals surface area contributed by atoms with E-state index >= 15 is 0 Å². The molecular weight excluding hydrogens is 248 g/mol. The maximum Gasteiger partial charge on any atom is 0.106 e. The predicted molar refractivity (Wildman–Crippen MR) is 82.9 cm³/mol. The zero-order valence-electron chi connectivity index (χ0n) is 12.7. The summed E-state index contributed by atoms with van der Waals surface area (Å²) in [4.78, 5) is 7.26. The third-order valence-corrected chi connectivity index (χ3v) is 4.49. The van der Waals surface area contributed by atoms with E-state index in [1.54, 1.807) is 0 Å². The molecule has 1 atom stereocenters. The van der Waals surface area contributed by atoms with Crippen LogP contribution >= 0.6 is 0 Å². The first-order valence-electron chi connectivity index (χ1n) is 7.58. The van der Waals surface area contributed by atoms with Gasteiger partial charge in [0.15, 0.2) is 0 Å². The minimum absolute atomic E-state index is 0.517. The van der Waals surface area contributed by atoms with Crippen molar-refractivity contribution in [2.45, 2.75) is 26.3 Å². The Labute approximate surface area is 120 Å². The Morgan fingerprint density at radius 1 is 1.30 bits per heavy atom. The summed E-state index contributed by atoms with van der Waals surface area (Å²) < 4.78 is 2.16. The highest BCUT2D eigenvalue weighted by Crippen LogP contribution is 2.27. The van der Waals surface area contributed by atoms with E-state index in [1.807, 2.05) is 0 Å². The average Bonchev–Trinajstić information content (AvgIpc) is 2.76. The highest BCUT2D eigenvalue weighted by molar-refractivity contribution is 5.76. The average molecular weight is 272 g/mol. The summed E-state index contributed by atoms with van der Waals surface area (Å²) in [6.45, 7) is 8.81. The Kier molecular flexibility index (Phi) is 3.76. The fourth-order valence-electron chi connectivity index (χ4n) is 3.24. The van der Waals surface area contributed by atoms with Crippen LogP contribution in [-0.4, -0.2) is 40.6 Å². The van der Waals surface area contributed by atoms with Crippen LogP contribution in [0.15, 0.2) is 18.2 Å². The van der Waals surface area contributed by atoms with E-state index in [2.05, 4.69) is 58.9 Å². The number of benzene rings is 1. The van der Waals surface area contributed by atoms with Crippen LogP contribution in [0.1, 0.15) is 30.8 Å². The Hall–Kier alpha value is -1.39. The zero-order chi connectivity index (χ0) is 14.1. The van der Waals surface area contributed by atoms with Gasteiger partial charge in [0, 0.05) is 39.3 Å². The van der Waals surface area contributed by atoms with Gasteiger partial charge in [0.1, 0.15) is 5.82 Å². The van der Waals surface area contributed by atoms with Gasteiger partial charge in [-0.05, 0) is 31.0 Å². The van der Waals surface area contributed by atoms with E-state index in [0.29, 0.717) is 6.04 Å². The number of nitrogens with one attached hydrogen (secondary N) is 1. The maximum absolute atomic E-state index is 4.67. The van der Waals surface area contributed by atoms with Crippen LogP contribution in [-0.2, 0) is 7.05 Å². The molecule has 1 aliphatic rings. The third kappa shape index (κ3) is 2.34. The van der Waals surface area contributed by atoms with E-state index in [-0.39, 0.29) is 0 Å². The van der Waals surface area contributed by atoms with Crippen LogP contribution in [0.2, 0.25) is 0 Å². The van der Waals surface area contributed by atoms with Gasteiger partial charge >= 0.3 is 0 Å². The van der Waals surface area contributed by atoms with Crippen molar-refractivity contribution >= 4 is 11.0 Å². The van der Waals surface area contributed by atoms with Gasteiger partial charge in [-0.15, -0.1) is 0 Å². The van der Waals surface area contributed by atoms with Gasteiger partial charge in [-0.3, -0.25) is 4.90 Å². The largest absolute Gasteiger partial charge is 0.331 e. The normalized spacial score (nSPS) is 18.6. The number of hydrogen-bond donors (Lipinski definition) is 1. The molecule has 1 saturated heterocycles. The minimum atomic E-state index is 0.517. The first-order valence-corrected chi connectivity index (χ1v) is 7.58. The number of piperazine rings is 1. The van der Waals surface area contributed by atoms with E-state index in [0.717, 1.165) is 43.9 Å². The Bertz CT molecular complexity index is 596. The second-order valence-corrected chi connectivity index (χ2v) is 5.68. The number of imidazole rings is 1. The molecule has 20 heavy (non-hydrogen) atoms. The van der Waals surface area contributed by atoms with Crippen molar-refractivity contribution in [2.75, 3.05) is 26.2 Å². The molecule has 108 valence electrons. The van der Waals surface area contributed by atoms with Crippen LogP contribution in [0.4, 0.5) is 0 Å². The zero-order valence-corrected chi connectivity index (χ0v) is 12.7. The maximum atomic E-state index is 4.67. The number of aryl methyl sites for hydroxylation is 2. The van der Waals surface area contributed by atoms with Gasteiger partial charge in [-0.1, -0.05) is 13.0 Å².